The van der Waals surface area contributed by atoms with E-state index < -0.39 is 17.9 Å². The highest BCUT2D eigenvalue weighted by Crippen LogP contribution is 2.25. The van der Waals surface area contributed by atoms with Crippen LogP contribution in [-0.4, -0.2) is 49.7 Å². The minimum atomic E-state index is -0.547. The highest BCUT2D eigenvalue weighted by Gasteiger charge is 2.12. The molecule has 0 unspecified atom stereocenters. The molecule has 4 aromatic carbocycles. The number of hydrogen-bond donors (Lipinski definition) is 0. The van der Waals surface area contributed by atoms with Gasteiger partial charge in [-0.3, -0.25) is 0 Å². The van der Waals surface area contributed by atoms with Crippen molar-refractivity contribution in [3.63, 3.8) is 0 Å². The molecule has 0 spiro atoms. The predicted octanol–water partition coefficient (Wildman–Crippen LogP) is 8.33. The fraction of sp³-hybridized carbons (Fsp3) is 0.125. The maximum absolute atomic E-state index is 12.6. The number of ether oxygens (including phenoxy) is 3. The normalized spacial score (nSPS) is 10.2. The molecule has 0 fully saturated rings. The lowest BCUT2D eigenvalue weighted by molar-refractivity contribution is -0.138. The Morgan fingerprint density at radius 2 is 1.08 bits per heavy atom. The van der Waals surface area contributed by atoms with E-state index in [0.29, 0.717) is 41.7 Å². The number of esters is 3. The zero-order chi connectivity index (χ0) is 35.6. The van der Waals surface area contributed by atoms with Gasteiger partial charge in [0.25, 0.3) is 0 Å². The van der Waals surface area contributed by atoms with Crippen LogP contribution in [0.4, 0.5) is 11.4 Å². The Morgan fingerprint density at radius 1 is 0.640 bits per heavy atom. The summed E-state index contributed by atoms with van der Waals surface area (Å²) in [5.41, 5.74) is 4.29. The van der Waals surface area contributed by atoms with E-state index in [1.807, 2.05) is 60.7 Å². The highest BCUT2D eigenvalue weighted by molar-refractivity contribution is 7.99. The number of methoxy groups -OCH3 is 1. The minimum Gasteiger partial charge on any atom is -0.465 e. The number of benzene rings is 4. The Balaban J connectivity index is 1.35. The first-order valence-electron chi connectivity index (χ1n) is 15.2. The summed E-state index contributed by atoms with van der Waals surface area (Å²) in [7, 11) is 1.31. The fourth-order valence-corrected chi connectivity index (χ4v) is 5.44. The molecule has 0 saturated heterocycles. The Morgan fingerprint density at radius 3 is 1.54 bits per heavy atom. The van der Waals surface area contributed by atoms with Crippen molar-refractivity contribution in [1.82, 2.24) is 0 Å². The lowest BCUT2D eigenvalue weighted by Crippen LogP contribution is -2.03. The molecule has 10 heteroatoms. The molecule has 0 amide bonds. The third-order valence-electron chi connectivity index (χ3n) is 6.48. The number of rotatable bonds is 13. The Hall–Kier alpha value is -5.81. The molecule has 0 aliphatic rings. The van der Waals surface area contributed by atoms with Gasteiger partial charge in [-0.2, -0.15) is 5.11 Å². The van der Waals surface area contributed by atoms with Crippen LogP contribution in [0.1, 0.15) is 32.6 Å². The molecular weight excluding hydrogens is 669 g/mol. The highest BCUT2D eigenvalue weighted by atomic mass is 32.2. The number of carbonyl (C=O) groups excluding carboxylic acids is 3. The van der Waals surface area contributed by atoms with Crippen LogP contribution in [0.3, 0.4) is 0 Å². The summed E-state index contributed by atoms with van der Waals surface area (Å²) in [4.78, 5) is 36.9. The van der Waals surface area contributed by atoms with Gasteiger partial charge in [-0.1, -0.05) is 36.8 Å². The molecule has 0 saturated carbocycles. The zero-order valence-corrected chi connectivity index (χ0v) is 28.9. The zero-order valence-electron chi connectivity index (χ0n) is 27.2. The number of azo groups is 1. The monoisotopic (exact) mass is 700 g/mol. The molecule has 4 rings (SSSR count). The molecule has 0 atom stereocenters. The van der Waals surface area contributed by atoms with Crippen LogP contribution in [0.15, 0.2) is 136 Å². The quantitative estimate of drug-likeness (QED) is 0.0261. The Bertz CT molecular complexity index is 1980. The predicted molar refractivity (Wildman–Crippen MR) is 197 cm³/mol. The van der Waals surface area contributed by atoms with Crippen molar-refractivity contribution < 1.29 is 28.6 Å². The summed E-state index contributed by atoms with van der Waals surface area (Å²) in [5, 5.41) is 8.61. The van der Waals surface area contributed by atoms with E-state index in [1.54, 1.807) is 53.9 Å². The number of thioether (sulfide) groups is 2. The first-order valence-corrected chi connectivity index (χ1v) is 17.2. The summed E-state index contributed by atoms with van der Waals surface area (Å²) in [6.07, 6.45) is 2.29. The second kappa shape index (κ2) is 19.9. The first kappa shape index (κ1) is 37.0. The molecule has 0 bridgehead atoms. The molecule has 0 radical (unpaired) electrons. The third kappa shape index (κ3) is 12.3. The van der Waals surface area contributed by atoms with Crippen molar-refractivity contribution in [2.45, 2.75) is 9.79 Å². The average molecular weight is 701 g/mol. The SMILES string of the molecule is C=CC(=O)OCCSc1ccc(C#Cc2ccc(/N=N/c3ccc(C#Cc4ccc(SCCOC(=O)C=C)cc4)cc3C(=O)OC)cc2)cc1. The van der Waals surface area contributed by atoms with Crippen LogP contribution in [0, 0.1) is 23.7 Å². The molecule has 0 N–H and O–H groups in total. The molecular formula is C40H32N2O6S2. The van der Waals surface area contributed by atoms with Crippen LogP contribution in [0.25, 0.3) is 0 Å². The second-order valence-corrected chi connectivity index (χ2v) is 12.3. The number of hydrogen-bond acceptors (Lipinski definition) is 10. The fourth-order valence-electron chi connectivity index (χ4n) is 3.98. The molecule has 0 heterocycles. The van der Waals surface area contributed by atoms with Crippen LogP contribution in [0.2, 0.25) is 0 Å². The summed E-state index contributed by atoms with van der Waals surface area (Å²) < 4.78 is 15.0. The lowest BCUT2D eigenvalue weighted by Gasteiger charge is -2.04. The topological polar surface area (TPSA) is 104 Å². The molecule has 0 aliphatic carbocycles. The van der Waals surface area contributed by atoms with E-state index >= 15 is 0 Å². The van der Waals surface area contributed by atoms with Gasteiger partial charge < -0.3 is 14.2 Å². The van der Waals surface area contributed by atoms with Crippen molar-refractivity contribution in [1.29, 1.82) is 0 Å². The van der Waals surface area contributed by atoms with Crippen molar-refractivity contribution >= 4 is 52.8 Å². The maximum Gasteiger partial charge on any atom is 0.340 e. The maximum atomic E-state index is 12.6. The molecule has 250 valence electrons. The summed E-state index contributed by atoms with van der Waals surface area (Å²) >= 11 is 3.15. The Kier molecular flexibility index (Phi) is 14.7. The number of nitrogens with zero attached hydrogens (tertiary/aromatic N) is 2. The van der Waals surface area contributed by atoms with Crippen molar-refractivity contribution in [2.24, 2.45) is 10.2 Å². The van der Waals surface area contributed by atoms with E-state index in [1.165, 1.54) is 7.11 Å². The molecule has 0 aromatic heterocycles. The van der Waals surface area contributed by atoms with Gasteiger partial charge in [-0.25, -0.2) is 14.4 Å². The average Bonchev–Trinajstić information content (AvgIpc) is 3.16. The lowest BCUT2D eigenvalue weighted by atomic mass is 10.1. The summed E-state index contributed by atoms with van der Waals surface area (Å²) in [6.45, 7) is 7.37. The summed E-state index contributed by atoms with van der Waals surface area (Å²) in [6, 6.07) is 27.9. The largest absolute Gasteiger partial charge is 0.465 e. The summed E-state index contributed by atoms with van der Waals surface area (Å²) in [5.74, 6) is 12.4. The van der Waals surface area contributed by atoms with Crippen molar-refractivity contribution in [2.75, 3.05) is 31.8 Å². The van der Waals surface area contributed by atoms with Gasteiger partial charge in [-0.15, -0.1) is 28.6 Å². The van der Waals surface area contributed by atoms with Crippen molar-refractivity contribution in [3.05, 3.63) is 144 Å². The van der Waals surface area contributed by atoms with Crippen LogP contribution < -0.4 is 0 Å². The van der Waals surface area contributed by atoms with E-state index in [0.717, 1.165) is 38.6 Å². The van der Waals surface area contributed by atoms with Gasteiger partial charge in [0, 0.05) is 55.7 Å². The van der Waals surface area contributed by atoms with Gasteiger partial charge in [0.2, 0.25) is 0 Å². The van der Waals surface area contributed by atoms with Gasteiger partial charge in [0.15, 0.2) is 0 Å². The smallest absolute Gasteiger partial charge is 0.340 e. The molecule has 8 nitrogen and oxygen atoms in total. The van der Waals surface area contributed by atoms with Crippen LogP contribution >= 0.6 is 23.5 Å². The second-order valence-electron chi connectivity index (χ2n) is 9.96. The first-order chi connectivity index (χ1) is 24.4. The van der Waals surface area contributed by atoms with E-state index in [-0.39, 0.29) is 5.56 Å². The van der Waals surface area contributed by atoms with Gasteiger partial charge in [0.05, 0.1) is 18.4 Å². The minimum absolute atomic E-state index is 0.245. The van der Waals surface area contributed by atoms with Crippen LogP contribution in [0.5, 0.6) is 0 Å². The molecule has 0 aliphatic heterocycles. The van der Waals surface area contributed by atoms with E-state index in [2.05, 4.69) is 47.1 Å². The van der Waals surface area contributed by atoms with Gasteiger partial charge in [-0.05, 0) is 91.0 Å². The number of carbonyl (C=O) groups is 3. The Labute approximate surface area is 300 Å². The van der Waals surface area contributed by atoms with Gasteiger partial charge in [0.1, 0.15) is 18.9 Å². The third-order valence-corrected chi connectivity index (χ3v) is 8.43. The molecule has 50 heavy (non-hydrogen) atoms. The van der Waals surface area contributed by atoms with Crippen molar-refractivity contribution in [3.8, 4) is 23.7 Å². The standard InChI is InChI=1S/C40H32N2O6S2/c1-4-38(43)47-24-26-49-34-19-12-30(13-20-34)7-6-29-10-17-33(18-11-29)41-42-37-23-16-32(28-36(37)40(45)46-3)9-8-31-14-21-35(22-15-31)50-27-25-48-39(44)5-2/h4-5,10-23,28H,1-2,24-27H2,3H3/b42-41+. The molecule has 4 aromatic rings. The van der Waals surface area contributed by atoms with Crippen LogP contribution in [-0.2, 0) is 23.8 Å². The van der Waals surface area contributed by atoms with E-state index in [4.69, 9.17) is 14.2 Å². The van der Waals surface area contributed by atoms with Gasteiger partial charge >= 0.3 is 17.9 Å². The van der Waals surface area contributed by atoms with E-state index in [9.17, 15) is 14.4 Å².